The number of benzene rings is 1. The largest absolute Gasteiger partial charge is 0.338 e. The molecule has 0 saturated heterocycles. The number of anilines is 1. The number of nitrogens with zero attached hydrogens (tertiary/aromatic N) is 3. The fourth-order valence-electron chi connectivity index (χ4n) is 3.30. The van der Waals surface area contributed by atoms with Crippen LogP contribution < -0.4 is 5.32 Å². The van der Waals surface area contributed by atoms with Crippen LogP contribution in [-0.2, 0) is 0 Å². The van der Waals surface area contributed by atoms with Crippen molar-refractivity contribution in [3.63, 3.8) is 0 Å². The number of rotatable bonds is 3. The maximum atomic E-state index is 14.7. The van der Waals surface area contributed by atoms with Crippen molar-refractivity contribution >= 4 is 33.5 Å². The van der Waals surface area contributed by atoms with Gasteiger partial charge in [0.05, 0.1) is 34.7 Å². The highest BCUT2D eigenvalue weighted by Gasteiger charge is 2.18. The second-order valence-electron chi connectivity index (χ2n) is 6.51. The first-order valence-corrected chi connectivity index (χ1v) is 8.93. The second-order valence-corrected chi connectivity index (χ2v) is 6.51. The highest BCUT2D eigenvalue weighted by molar-refractivity contribution is 6.17. The maximum Gasteiger partial charge on any atom is 0.255 e. The lowest BCUT2D eigenvalue weighted by Crippen LogP contribution is -2.13. The minimum atomic E-state index is -0.609. The molecule has 0 unspecified atom stereocenters. The van der Waals surface area contributed by atoms with Crippen molar-refractivity contribution in [1.82, 2.24) is 19.9 Å². The number of H-pyrrole nitrogens is 1. The summed E-state index contributed by atoms with van der Waals surface area (Å²) in [6, 6.07) is 14.2. The van der Waals surface area contributed by atoms with Crippen LogP contribution in [0.4, 0.5) is 10.1 Å². The molecule has 0 fully saturated rings. The van der Waals surface area contributed by atoms with Crippen LogP contribution in [0.5, 0.6) is 0 Å². The van der Waals surface area contributed by atoms with Gasteiger partial charge in [0.25, 0.3) is 5.91 Å². The van der Waals surface area contributed by atoms with Gasteiger partial charge < -0.3 is 10.3 Å². The molecule has 4 aromatic heterocycles. The molecule has 0 aliphatic heterocycles. The van der Waals surface area contributed by atoms with Crippen molar-refractivity contribution in [2.75, 3.05) is 5.32 Å². The molecule has 5 aromatic rings. The molecule has 0 radical (unpaired) electrons. The molecule has 0 atom stereocenters. The fourth-order valence-corrected chi connectivity index (χ4v) is 3.30. The number of carbonyl (C=O) groups is 1. The molecule has 2 N–H and O–H groups in total. The second kappa shape index (κ2) is 6.79. The van der Waals surface area contributed by atoms with Crippen LogP contribution in [0.2, 0.25) is 0 Å². The first-order valence-electron chi connectivity index (χ1n) is 8.93. The van der Waals surface area contributed by atoms with E-state index in [0.29, 0.717) is 33.2 Å². The number of aromatic nitrogens is 4. The topological polar surface area (TPSA) is 83.6 Å². The number of fused-ring (bicyclic) bond motifs is 3. The molecule has 0 spiro atoms. The van der Waals surface area contributed by atoms with Crippen LogP contribution >= 0.6 is 0 Å². The van der Waals surface area contributed by atoms with Gasteiger partial charge in [0.15, 0.2) is 5.82 Å². The van der Waals surface area contributed by atoms with E-state index in [9.17, 15) is 9.18 Å². The van der Waals surface area contributed by atoms with Gasteiger partial charge in [0.1, 0.15) is 5.65 Å². The first kappa shape index (κ1) is 17.0. The molecule has 29 heavy (non-hydrogen) atoms. The van der Waals surface area contributed by atoms with Gasteiger partial charge in [-0.15, -0.1) is 0 Å². The molecule has 4 heterocycles. The third-order valence-electron chi connectivity index (χ3n) is 4.69. The number of hydrogen-bond acceptors (Lipinski definition) is 4. The Labute approximate surface area is 164 Å². The van der Waals surface area contributed by atoms with Crippen molar-refractivity contribution in [1.29, 1.82) is 0 Å². The van der Waals surface area contributed by atoms with Gasteiger partial charge in [-0.2, -0.15) is 0 Å². The number of pyridine rings is 3. The lowest BCUT2D eigenvalue weighted by molar-refractivity contribution is 0.102. The number of nitrogens with one attached hydrogen (secondary N) is 2. The summed E-state index contributed by atoms with van der Waals surface area (Å²) in [5.74, 6) is -1.00. The molecule has 0 aliphatic carbocycles. The SMILES string of the molecule is O=C(Nc1c(F)cnc2[nH]c3cnc(-c4cccnc4)cc3c12)c1ccccc1. The third kappa shape index (κ3) is 2.98. The third-order valence-corrected chi connectivity index (χ3v) is 4.69. The van der Waals surface area contributed by atoms with E-state index in [1.54, 1.807) is 42.9 Å². The Hall–Kier alpha value is -4.13. The van der Waals surface area contributed by atoms with Gasteiger partial charge in [0.2, 0.25) is 0 Å². The number of amides is 1. The standard InChI is InChI=1S/C22H14FN5O/c23-16-11-26-21-19(20(16)28-22(29)13-5-2-1-3-6-13)15-9-17(25-12-18(15)27-21)14-7-4-8-24-10-14/h1-12H,(H2,26,27,28,29). The minimum Gasteiger partial charge on any atom is -0.338 e. The molecule has 0 bridgehead atoms. The fraction of sp³-hybridized carbons (Fsp3) is 0. The van der Waals surface area contributed by atoms with E-state index >= 15 is 0 Å². The lowest BCUT2D eigenvalue weighted by atomic mass is 10.1. The highest BCUT2D eigenvalue weighted by Crippen LogP contribution is 2.34. The zero-order valence-corrected chi connectivity index (χ0v) is 15.1. The number of carbonyl (C=O) groups excluding carboxylic acids is 1. The molecular weight excluding hydrogens is 369 g/mol. The van der Waals surface area contributed by atoms with E-state index in [1.807, 2.05) is 24.3 Å². The van der Waals surface area contributed by atoms with Gasteiger partial charge >= 0.3 is 0 Å². The summed E-state index contributed by atoms with van der Waals surface area (Å²) in [4.78, 5) is 28.5. The van der Waals surface area contributed by atoms with E-state index in [-0.39, 0.29) is 5.69 Å². The molecule has 1 aromatic carbocycles. The van der Waals surface area contributed by atoms with Crippen molar-refractivity contribution in [3.05, 3.63) is 84.7 Å². The van der Waals surface area contributed by atoms with E-state index in [2.05, 4.69) is 25.3 Å². The van der Waals surface area contributed by atoms with Gasteiger partial charge in [0, 0.05) is 28.9 Å². The van der Waals surface area contributed by atoms with E-state index < -0.39 is 11.7 Å². The van der Waals surface area contributed by atoms with Crippen molar-refractivity contribution < 1.29 is 9.18 Å². The summed E-state index contributed by atoms with van der Waals surface area (Å²) in [6.45, 7) is 0. The Kier molecular flexibility index (Phi) is 3.98. The van der Waals surface area contributed by atoms with Gasteiger partial charge in [-0.3, -0.25) is 14.8 Å². The summed E-state index contributed by atoms with van der Waals surface area (Å²) in [6.07, 6.45) is 6.15. The first-order chi connectivity index (χ1) is 14.2. The Morgan fingerprint density at radius 1 is 1.00 bits per heavy atom. The van der Waals surface area contributed by atoms with Crippen molar-refractivity contribution in [3.8, 4) is 11.3 Å². The Morgan fingerprint density at radius 2 is 1.86 bits per heavy atom. The number of aromatic amines is 1. The normalized spacial score (nSPS) is 11.1. The molecule has 0 saturated carbocycles. The number of halogens is 1. The van der Waals surface area contributed by atoms with Gasteiger partial charge in [-0.1, -0.05) is 18.2 Å². The quantitative estimate of drug-likeness (QED) is 0.478. The molecule has 6 nitrogen and oxygen atoms in total. The van der Waals surface area contributed by atoms with E-state index in [4.69, 9.17) is 0 Å². The summed E-state index contributed by atoms with van der Waals surface area (Å²) in [5, 5.41) is 3.91. The Balaban J connectivity index is 1.69. The number of hydrogen-bond donors (Lipinski definition) is 2. The summed E-state index contributed by atoms with van der Waals surface area (Å²) < 4.78 is 14.7. The van der Waals surface area contributed by atoms with Crippen molar-refractivity contribution in [2.24, 2.45) is 0 Å². The zero-order chi connectivity index (χ0) is 19.8. The van der Waals surface area contributed by atoms with Crippen LogP contribution in [0.1, 0.15) is 10.4 Å². The Bertz CT molecular complexity index is 1350. The van der Waals surface area contributed by atoms with E-state index in [0.717, 1.165) is 11.8 Å². The maximum absolute atomic E-state index is 14.7. The van der Waals surface area contributed by atoms with Crippen LogP contribution in [0.3, 0.4) is 0 Å². The predicted molar refractivity (Wildman–Crippen MR) is 109 cm³/mol. The summed E-state index contributed by atoms with van der Waals surface area (Å²) in [7, 11) is 0. The molecule has 1 amide bonds. The van der Waals surface area contributed by atoms with Gasteiger partial charge in [-0.05, 0) is 30.3 Å². The van der Waals surface area contributed by atoms with Crippen molar-refractivity contribution in [2.45, 2.75) is 0 Å². The van der Waals surface area contributed by atoms with Crippen LogP contribution in [0.15, 0.2) is 73.3 Å². The van der Waals surface area contributed by atoms with Crippen LogP contribution in [0, 0.1) is 5.82 Å². The van der Waals surface area contributed by atoms with Gasteiger partial charge in [-0.25, -0.2) is 9.37 Å². The average Bonchev–Trinajstić information content (AvgIpc) is 3.15. The monoisotopic (exact) mass is 383 g/mol. The smallest absolute Gasteiger partial charge is 0.255 e. The van der Waals surface area contributed by atoms with Crippen LogP contribution in [0.25, 0.3) is 33.2 Å². The predicted octanol–water partition coefficient (Wildman–Crippen LogP) is 4.56. The summed E-state index contributed by atoms with van der Waals surface area (Å²) in [5.41, 5.74) is 3.21. The highest BCUT2D eigenvalue weighted by atomic mass is 19.1. The zero-order valence-electron chi connectivity index (χ0n) is 15.1. The minimum absolute atomic E-state index is 0.0819. The van der Waals surface area contributed by atoms with Crippen LogP contribution in [-0.4, -0.2) is 25.8 Å². The molecule has 5 rings (SSSR count). The lowest BCUT2D eigenvalue weighted by Gasteiger charge is -2.08. The molecule has 7 heteroatoms. The molecule has 140 valence electrons. The summed E-state index contributed by atoms with van der Waals surface area (Å²) >= 11 is 0. The Morgan fingerprint density at radius 3 is 2.66 bits per heavy atom. The molecular formula is C22H14FN5O. The van der Waals surface area contributed by atoms with E-state index in [1.165, 1.54) is 0 Å². The molecule has 0 aliphatic rings. The average molecular weight is 383 g/mol.